The lowest BCUT2D eigenvalue weighted by Gasteiger charge is -2.23. The minimum atomic E-state index is -1.33. The molecule has 0 aromatic carbocycles. The first-order valence-electron chi connectivity index (χ1n) is 13.2. The van der Waals surface area contributed by atoms with Crippen molar-refractivity contribution in [2.75, 3.05) is 6.61 Å². The first-order chi connectivity index (χ1) is 18.1. The summed E-state index contributed by atoms with van der Waals surface area (Å²) in [5.41, 5.74) is -0.602. The SMILES string of the molecule is C=CCOC(=C)/C(F)=C(/F)C(=C)C(=C)/C=C\C(=C)C(=C)/C(F)=C(/F)C(=C)C(C)CCC(C)C(C)CCC(C)C. The molecule has 5 heteroatoms. The summed E-state index contributed by atoms with van der Waals surface area (Å²) < 4.78 is 63.3. The van der Waals surface area contributed by atoms with Gasteiger partial charge in [0.2, 0.25) is 5.83 Å². The van der Waals surface area contributed by atoms with Gasteiger partial charge < -0.3 is 4.74 Å². The summed E-state index contributed by atoms with van der Waals surface area (Å²) in [5.74, 6) is -3.99. The van der Waals surface area contributed by atoms with Gasteiger partial charge in [-0.15, -0.1) is 0 Å². The Morgan fingerprint density at radius 1 is 0.641 bits per heavy atom. The maximum absolute atomic E-state index is 15.0. The van der Waals surface area contributed by atoms with Crippen molar-refractivity contribution in [3.8, 4) is 0 Å². The Balaban J connectivity index is 5.26. The van der Waals surface area contributed by atoms with Crippen molar-refractivity contribution in [2.45, 2.75) is 60.3 Å². The van der Waals surface area contributed by atoms with Crippen LogP contribution in [-0.2, 0) is 4.74 Å². The molecule has 0 aliphatic heterocycles. The Hall–Kier alpha value is -3.08. The maximum atomic E-state index is 15.0. The quantitative estimate of drug-likeness (QED) is 0.0677. The number of allylic oxidation sites excluding steroid dienone is 11. The third-order valence-electron chi connectivity index (χ3n) is 6.90. The molecule has 0 saturated heterocycles. The van der Waals surface area contributed by atoms with E-state index in [1.807, 2.05) is 6.92 Å². The van der Waals surface area contributed by atoms with Crippen LogP contribution in [0.2, 0.25) is 0 Å². The number of rotatable bonds is 19. The molecule has 3 unspecified atom stereocenters. The van der Waals surface area contributed by atoms with E-state index < -0.39 is 29.1 Å². The van der Waals surface area contributed by atoms with E-state index in [1.54, 1.807) is 0 Å². The number of ether oxygens (including phenoxy) is 1. The lowest BCUT2D eigenvalue weighted by Crippen LogP contribution is -2.11. The number of hydrogen-bond acceptors (Lipinski definition) is 1. The molecule has 0 amide bonds. The Bertz CT molecular complexity index is 1050. The molecule has 0 fully saturated rings. The molecule has 0 spiro atoms. The fraction of sp³-hybridized carbons (Fsp3) is 0.412. The molecule has 0 aromatic rings. The van der Waals surface area contributed by atoms with Crippen molar-refractivity contribution in [1.29, 1.82) is 0 Å². The third-order valence-corrected chi connectivity index (χ3v) is 6.90. The molecule has 39 heavy (non-hydrogen) atoms. The Kier molecular flexibility index (Phi) is 16.1. The van der Waals surface area contributed by atoms with Gasteiger partial charge in [0.05, 0.1) is 0 Å². The van der Waals surface area contributed by atoms with Crippen LogP contribution in [0, 0.1) is 23.7 Å². The lowest BCUT2D eigenvalue weighted by molar-refractivity contribution is 0.241. The van der Waals surface area contributed by atoms with Gasteiger partial charge >= 0.3 is 0 Å². The molecule has 216 valence electrons. The van der Waals surface area contributed by atoms with Crippen LogP contribution in [0.3, 0.4) is 0 Å². The fourth-order valence-electron chi connectivity index (χ4n) is 3.50. The van der Waals surface area contributed by atoms with Crippen LogP contribution in [0.5, 0.6) is 0 Å². The fourth-order valence-corrected chi connectivity index (χ4v) is 3.50. The van der Waals surface area contributed by atoms with Crippen LogP contribution in [0.4, 0.5) is 17.6 Å². The average Bonchev–Trinajstić information content (AvgIpc) is 2.92. The van der Waals surface area contributed by atoms with Gasteiger partial charge in [-0.25, -0.2) is 13.2 Å². The highest BCUT2D eigenvalue weighted by molar-refractivity contribution is 5.54. The van der Waals surface area contributed by atoms with Crippen LogP contribution < -0.4 is 0 Å². The maximum Gasteiger partial charge on any atom is 0.200 e. The molecular weight excluding hydrogens is 500 g/mol. The van der Waals surface area contributed by atoms with Gasteiger partial charge in [-0.3, -0.25) is 0 Å². The van der Waals surface area contributed by atoms with E-state index in [1.165, 1.54) is 24.6 Å². The number of hydrogen-bond donors (Lipinski definition) is 0. The molecule has 0 aliphatic rings. The summed E-state index contributed by atoms with van der Waals surface area (Å²) in [4.78, 5) is 0. The van der Waals surface area contributed by atoms with Crippen LogP contribution in [0.25, 0.3) is 0 Å². The lowest BCUT2D eigenvalue weighted by atomic mass is 9.83. The monoisotopic (exact) mass is 546 g/mol. The van der Waals surface area contributed by atoms with Crippen molar-refractivity contribution in [2.24, 2.45) is 23.7 Å². The van der Waals surface area contributed by atoms with E-state index in [0.29, 0.717) is 24.2 Å². The topological polar surface area (TPSA) is 9.23 Å². The molecule has 1 nitrogen and oxygen atoms in total. The van der Waals surface area contributed by atoms with Gasteiger partial charge in [0.25, 0.3) is 0 Å². The first-order valence-corrected chi connectivity index (χ1v) is 13.2. The highest BCUT2D eigenvalue weighted by atomic mass is 19.2. The molecule has 0 aliphatic carbocycles. The summed E-state index contributed by atoms with van der Waals surface area (Å²) in [6.45, 7) is 35.5. The highest BCUT2D eigenvalue weighted by Gasteiger charge is 2.21. The van der Waals surface area contributed by atoms with E-state index in [4.69, 9.17) is 4.74 Å². The van der Waals surface area contributed by atoms with Crippen molar-refractivity contribution >= 4 is 0 Å². The Morgan fingerprint density at radius 2 is 1.08 bits per heavy atom. The molecule has 0 saturated carbocycles. The van der Waals surface area contributed by atoms with Gasteiger partial charge in [0.1, 0.15) is 6.61 Å². The molecule has 0 aromatic heterocycles. The third kappa shape index (κ3) is 12.1. The van der Waals surface area contributed by atoms with Gasteiger partial charge in [0, 0.05) is 11.1 Å². The van der Waals surface area contributed by atoms with Crippen LogP contribution in [0.1, 0.15) is 60.3 Å². The van der Waals surface area contributed by atoms with Crippen molar-refractivity contribution in [3.63, 3.8) is 0 Å². The summed E-state index contributed by atoms with van der Waals surface area (Å²) in [6.07, 6.45) is 7.75. The van der Waals surface area contributed by atoms with E-state index in [-0.39, 0.29) is 40.4 Å². The molecule has 0 rings (SSSR count). The Labute approximate surface area is 234 Å². The van der Waals surface area contributed by atoms with Crippen molar-refractivity contribution in [1.82, 2.24) is 0 Å². The van der Waals surface area contributed by atoms with Crippen LogP contribution in [-0.4, -0.2) is 6.61 Å². The van der Waals surface area contributed by atoms with Gasteiger partial charge in [0.15, 0.2) is 23.2 Å². The van der Waals surface area contributed by atoms with Gasteiger partial charge in [-0.05, 0) is 53.2 Å². The molecular formula is C34H46F4O. The second-order valence-electron chi connectivity index (χ2n) is 10.5. The van der Waals surface area contributed by atoms with Crippen molar-refractivity contribution in [3.05, 3.63) is 121 Å². The van der Waals surface area contributed by atoms with E-state index in [0.717, 1.165) is 12.8 Å². The van der Waals surface area contributed by atoms with Gasteiger partial charge in [-0.2, -0.15) is 4.39 Å². The molecule has 3 atom stereocenters. The molecule has 0 radical (unpaired) electrons. The molecule has 0 bridgehead atoms. The van der Waals surface area contributed by atoms with Crippen LogP contribution >= 0.6 is 0 Å². The minimum absolute atomic E-state index is 0.0206. The standard InChI is InChI=1S/C34H46F4O/c1-13-20-39-30(12)34(38)33(37)29(11)26(8)19-18-25(7)28(10)32(36)31(35)27(9)24(6)17-16-23(5)22(4)15-14-21(2)3/h13,18-19,21-24H,1,7-12,14-17,20H2,2-6H3/b19-18-,32-31-,34-33-. The first kappa shape index (κ1) is 35.9. The average molecular weight is 547 g/mol. The van der Waals surface area contributed by atoms with E-state index in [9.17, 15) is 17.6 Å². The summed E-state index contributed by atoms with van der Waals surface area (Å²) in [6, 6.07) is 0. The van der Waals surface area contributed by atoms with Crippen molar-refractivity contribution < 1.29 is 22.3 Å². The number of halogens is 4. The zero-order valence-electron chi connectivity index (χ0n) is 24.4. The highest BCUT2D eigenvalue weighted by Crippen LogP contribution is 2.33. The summed E-state index contributed by atoms with van der Waals surface area (Å²) in [7, 11) is 0. The zero-order chi connectivity index (χ0) is 30.4. The summed E-state index contributed by atoms with van der Waals surface area (Å²) in [5, 5.41) is 0. The summed E-state index contributed by atoms with van der Waals surface area (Å²) >= 11 is 0. The van der Waals surface area contributed by atoms with Gasteiger partial charge in [-0.1, -0.05) is 112 Å². The van der Waals surface area contributed by atoms with Crippen LogP contribution in [0.15, 0.2) is 121 Å². The minimum Gasteiger partial charge on any atom is -0.487 e. The second kappa shape index (κ2) is 17.5. The molecule has 0 heterocycles. The second-order valence-corrected chi connectivity index (χ2v) is 10.5. The predicted molar refractivity (Wildman–Crippen MR) is 159 cm³/mol. The van der Waals surface area contributed by atoms with E-state index in [2.05, 4.69) is 73.7 Å². The zero-order valence-corrected chi connectivity index (χ0v) is 24.4. The van der Waals surface area contributed by atoms with E-state index >= 15 is 0 Å². The largest absolute Gasteiger partial charge is 0.487 e. The smallest absolute Gasteiger partial charge is 0.200 e. The predicted octanol–water partition coefficient (Wildman–Crippen LogP) is 11.5. The molecule has 0 N–H and O–H groups in total. The normalized spacial score (nSPS) is 15.1. The Morgan fingerprint density at radius 3 is 1.51 bits per heavy atom.